The Morgan fingerprint density at radius 3 is 1.80 bits per heavy atom. The molecule has 0 saturated carbocycles. The highest BCUT2D eigenvalue weighted by atomic mass is 16.2. The molecular weight excluding hydrogens is 190 g/mol. The highest BCUT2D eigenvalue weighted by Crippen LogP contribution is 2.35. The molecule has 1 rings (SSSR count). The number of piperidine rings is 1. The average Bonchev–Trinajstić information content (AvgIpc) is 2.20. The maximum absolute atomic E-state index is 11.5. The van der Waals surface area contributed by atoms with Gasteiger partial charge in [0.15, 0.2) is 0 Å². The van der Waals surface area contributed by atoms with E-state index >= 15 is 0 Å². The summed E-state index contributed by atoms with van der Waals surface area (Å²) < 4.78 is 0. The lowest BCUT2D eigenvalue weighted by atomic mass is 9.77. The summed E-state index contributed by atoms with van der Waals surface area (Å²) >= 11 is 0. The minimum Gasteiger partial charge on any atom is -0.283 e. The van der Waals surface area contributed by atoms with E-state index in [2.05, 4.69) is 0 Å². The molecule has 0 spiro atoms. The van der Waals surface area contributed by atoms with Crippen LogP contribution in [0.3, 0.4) is 0 Å². The van der Waals surface area contributed by atoms with Gasteiger partial charge >= 0.3 is 0 Å². The van der Waals surface area contributed by atoms with Gasteiger partial charge in [0.2, 0.25) is 11.8 Å². The van der Waals surface area contributed by atoms with E-state index in [1.807, 2.05) is 34.6 Å². The van der Waals surface area contributed by atoms with Gasteiger partial charge in [-0.3, -0.25) is 14.5 Å². The minimum atomic E-state index is -0.0974. The lowest BCUT2D eigenvalue weighted by molar-refractivity contribution is -0.152. The highest BCUT2D eigenvalue weighted by Gasteiger charge is 2.38. The van der Waals surface area contributed by atoms with E-state index in [0.29, 0.717) is 19.4 Å². The van der Waals surface area contributed by atoms with E-state index in [0.717, 1.165) is 6.42 Å². The second kappa shape index (κ2) is 5.89. The molecule has 1 aliphatic rings. The largest absolute Gasteiger partial charge is 0.283 e. The van der Waals surface area contributed by atoms with Crippen molar-refractivity contribution in [3.63, 3.8) is 0 Å². The van der Waals surface area contributed by atoms with Crippen LogP contribution in [0.15, 0.2) is 0 Å². The molecule has 0 bridgehead atoms. The maximum atomic E-state index is 11.5. The molecule has 0 aromatic heterocycles. The van der Waals surface area contributed by atoms with Gasteiger partial charge in [0.05, 0.1) is 0 Å². The number of carbonyl (C=O) groups is 2. The SMILES string of the molecule is CC.CCN1C(=O)CC(C)(CC)CC1=O. The summed E-state index contributed by atoms with van der Waals surface area (Å²) in [6.45, 7) is 10.4. The Kier molecular flexibility index (Phi) is 5.55. The maximum Gasteiger partial charge on any atom is 0.229 e. The monoisotopic (exact) mass is 213 g/mol. The van der Waals surface area contributed by atoms with Gasteiger partial charge in [0, 0.05) is 19.4 Å². The second-order valence-corrected chi connectivity index (χ2v) is 4.05. The molecule has 1 saturated heterocycles. The normalized spacial score (nSPS) is 19.7. The molecule has 0 radical (unpaired) electrons. The van der Waals surface area contributed by atoms with Crippen molar-refractivity contribution in [1.29, 1.82) is 0 Å². The zero-order valence-corrected chi connectivity index (χ0v) is 10.6. The Balaban J connectivity index is 0.000000921. The molecule has 1 heterocycles. The van der Waals surface area contributed by atoms with Crippen LogP contribution in [0.2, 0.25) is 0 Å². The van der Waals surface area contributed by atoms with E-state index in [9.17, 15) is 9.59 Å². The molecule has 0 unspecified atom stereocenters. The first-order valence-electron chi connectivity index (χ1n) is 5.85. The van der Waals surface area contributed by atoms with Crippen LogP contribution in [-0.4, -0.2) is 23.3 Å². The fourth-order valence-electron chi connectivity index (χ4n) is 1.73. The Labute approximate surface area is 92.8 Å². The first kappa shape index (κ1) is 14.1. The zero-order valence-electron chi connectivity index (χ0n) is 10.6. The van der Waals surface area contributed by atoms with Gasteiger partial charge in [-0.1, -0.05) is 27.7 Å². The standard InChI is InChI=1S/C10H17NO2.C2H6/c1-4-10(3)6-8(12)11(5-2)9(13)7-10;1-2/h4-7H2,1-3H3;1-2H3. The summed E-state index contributed by atoms with van der Waals surface area (Å²) in [5.41, 5.74) is -0.0974. The molecule has 0 N–H and O–H groups in total. The zero-order chi connectivity index (χ0) is 12.1. The molecule has 3 nitrogen and oxygen atoms in total. The number of likely N-dealkylation sites (tertiary alicyclic amines) is 1. The summed E-state index contributed by atoms with van der Waals surface area (Å²) in [5, 5.41) is 0. The summed E-state index contributed by atoms with van der Waals surface area (Å²) in [6, 6.07) is 0. The van der Waals surface area contributed by atoms with Gasteiger partial charge in [-0.2, -0.15) is 0 Å². The molecule has 0 aromatic rings. The number of hydrogen-bond donors (Lipinski definition) is 0. The van der Waals surface area contributed by atoms with Crippen molar-refractivity contribution in [2.24, 2.45) is 5.41 Å². The number of hydrogen-bond acceptors (Lipinski definition) is 2. The summed E-state index contributed by atoms with van der Waals surface area (Å²) in [4.78, 5) is 24.4. The van der Waals surface area contributed by atoms with Gasteiger partial charge in [0.1, 0.15) is 0 Å². The van der Waals surface area contributed by atoms with E-state index < -0.39 is 0 Å². The third-order valence-corrected chi connectivity index (χ3v) is 2.93. The number of imide groups is 1. The summed E-state index contributed by atoms with van der Waals surface area (Å²) in [5.74, 6) is -0.0220. The Bertz CT molecular complexity index is 218. The average molecular weight is 213 g/mol. The molecule has 0 atom stereocenters. The quantitative estimate of drug-likeness (QED) is 0.661. The number of rotatable bonds is 2. The second-order valence-electron chi connectivity index (χ2n) is 4.05. The molecule has 0 aliphatic carbocycles. The topological polar surface area (TPSA) is 37.4 Å². The third kappa shape index (κ3) is 3.33. The first-order valence-corrected chi connectivity index (χ1v) is 5.85. The molecule has 15 heavy (non-hydrogen) atoms. The molecular formula is C12H23NO2. The van der Waals surface area contributed by atoms with Crippen molar-refractivity contribution in [2.75, 3.05) is 6.54 Å². The van der Waals surface area contributed by atoms with Crippen LogP contribution in [-0.2, 0) is 9.59 Å². The van der Waals surface area contributed by atoms with Gasteiger partial charge < -0.3 is 0 Å². The van der Waals surface area contributed by atoms with E-state index in [-0.39, 0.29) is 17.2 Å². The molecule has 88 valence electrons. The Hall–Kier alpha value is -0.860. The van der Waals surface area contributed by atoms with Crippen molar-refractivity contribution in [2.45, 2.75) is 53.9 Å². The van der Waals surface area contributed by atoms with Crippen LogP contribution in [0.4, 0.5) is 0 Å². The van der Waals surface area contributed by atoms with Crippen molar-refractivity contribution < 1.29 is 9.59 Å². The lowest BCUT2D eigenvalue weighted by Crippen LogP contribution is -2.46. The smallest absolute Gasteiger partial charge is 0.229 e. The van der Waals surface area contributed by atoms with Crippen LogP contribution in [0.1, 0.15) is 53.9 Å². The van der Waals surface area contributed by atoms with Crippen molar-refractivity contribution in [3.05, 3.63) is 0 Å². The van der Waals surface area contributed by atoms with Crippen LogP contribution < -0.4 is 0 Å². The number of carbonyl (C=O) groups excluding carboxylic acids is 2. The van der Waals surface area contributed by atoms with Crippen LogP contribution in [0.25, 0.3) is 0 Å². The predicted molar refractivity (Wildman–Crippen MR) is 61.4 cm³/mol. The Morgan fingerprint density at radius 2 is 1.53 bits per heavy atom. The fraction of sp³-hybridized carbons (Fsp3) is 0.833. The lowest BCUT2D eigenvalue weighted by Gasteiger charge is -2.36. The van der Waals surface area contributed by atoms with Crippen LogP contribution in [0.5, 0.6) is 0 Å². The van der Waals surface area contributed by atoms with Gasteiger partial charge in [-0.25, -0.2) is 0 Å². The molecule has 1 fully saturated rings. The van der Waals surface area contributed by atoms with Crippen LogP contribution >= 0.6 is 0 Å². The van der Waals surface area contributed by atoms with Crippen molar-refractivity contribution in [3.8, 4) is 0 Å². The predicted octanol–water partition coefficient (Wildman–Crippen LogP) is 2.60. The van der Waals surface area contributed by atoms with Gasteiger partial charge in [-0.15, -0.1) is 0 Å². The minimum absolute atomic E-state index is 0.0110. The van der Waals surface area contributed by atoms with E-state index in [1.54, 1.807) is 0 Å². The number of nitrogens with zero attached hydrogens (tertiary/aromatic N) is 1. The third-order valence-electron chi connectivity index (χ3n) is 2.93. The van der Waals surface area contributed by atoms with Crippen LogP contribution in [0, 0.1) is 5.41 Å². The highest BCUT2D eigenvalue weighted by molar-refractivity contribution is 5.98. The van der Waals surface area contributed by atoms with Crippen molar-refractivity contribution >= 4 is 11.8 Å². The van der Waals surface area contributed by atoms with Gasteiger partial charge in [0.25, 0.3) is 0 Å². The molecule has 2 amide bonds. The van der Waals surface area contributed by atoms with E-state index in [1.165, 1.54) is 4.90 Å². The summed E-state index contributed by atoms with van der Waals surface area (Å²) in [7, 11) is 0. The molecule has 1 aliphatic heterocycles. The fourth-order valence-corrected chi connectivity index (χ4v) is 1.73. The molecule has 3 heteroatoms. The Morgan fingerprint density at radius 1 is 1.13 bits per heavy atom. The first-order chi connectivity index (χ1) is 7.02. The number of amides is 2. The molecule has 0 aromatic carbocycles. The summed E-state index contributed by atoms with van der Waals surface area (Å²) in [6.07, 6.45) is 1.92. The van der Waals surface area contributed by atoms with E-state index in [4.69, 9.17) is 0 Å². The van der Waals surface area contributed by atoms with Gasteiger partial charge in [-0.05, 0) is 18.8 Å². The van der Waals surface area contributed by atoms with Crippen molar-refractivity contribution in [1.82, 2.24) is 4.90 Å².